The average Bonchev–Trinajstić information content (AvgIpc) is 3.03. The standard InChI is InChI=1S/C21H25N5OS/c1-15-8-7-11-17(12-15)20-23-24-21(28)26(20)14-19(27)22-13-18(25(2)3)16-9-5-4-6-10-16/h4-12,18H,13-14H2,1-3H3,(H,22,27)(H,24,28)/t18-/m0/s1. The molecule has 2 N–H and O–H groups in total. The van der Waals surface area contributed by atoms with E-state index in [0.29, 0.717) is 17.1 Å². The topological polar surface area (TPSA) is 66.0 Å². The Labute approximate surface area is 170 Å². The minimum atomic E-state index is -0.103. The lowest BCUT2D eigenvalue weighted by Gasteiger charge is -2.25. The van der Waals surface area contributed by atoms with Crippen LogP contribution in [-0.4, -0.2) is 46.2 Å². The van der Waals surface area contributed by atoms with Gasteiger partial charge in [-0.25, -0.2) is 0 Å². The van der Waals surface area contributed by atoms with Gasteiger partial charge in [0.15, 0.2) is 10.6 Å². The van der Waals surface area contributed by atoms with Gasteiger partial charge in [0, 0.05) is 12.1 Å². The summed E-state index contributed by atoms with van der Waals surface area (Å²) in [5.74, 6) is 0.560. The molecule has 0 aliphatic heterocycles. The molecule has 1 atom stereocenters. The predicted octanol–water partition coefficient (Wildman–Crippen LogP) is 3.34. The molecule has 0 bridgehead atoms. The number of carbonyl (C=O) groups excluding carboxylic acids is 1. The number of nitrogens with one attached hydrogen (secondary N) is 2. The van der Waals surface area contributed by atoms with Crippen molar-refractivity contribution in [2.45, 2.75) is 19.5 Å². The molecule has 0 fully saturated rings. The first-order valence-corrected chi connectivity index (χ1v) is 9.57. The van der Waals surface area contributed by atoms with Crippen LogP contribution in [0.5, 0.6) is 0 Å². The summed E-state index contributed by atoms with van der Waals surface area (Å²) in [6, 6.07) is 18.2. The Hall–Kier alpha value is -2.77. The maximum Gasteiger partial charge on any atom is 0.240 e. The number of likely N-dealkylation sites (N-methyl/N-ethyl adjacent to an activating group) is 1. The van der Waals surface area contributed by atoms with Crippen molar-refractivity contribution < 1.29 is 4.79 Å². The van der Waals surface area contributed by atoms with Crippen molar-refractivity contribution in [1.29, 1.82) is 0 Å². The van der Waals surface area contributed by atoms with Crippen molar-refractivity contribution in [1.82, 2.24) is 25.0 Å². The van der Waals surface area contributed by atoms with Gasteiger partial charge in [0.2, 0.25) is 5.91 Å². The van der Waals surface area contributed by atoms with Gasteiger partial charge in [-0.1, -0.05) is 54.1 Å². The minimum Gasteiger partial charge on any atom is -0.353 e. The molecule has 0 spiro atoms. The van der Waals surface area contributed by atoms with Gasteiger partial charge in [-0.05, 0) is 44.9 Å². The first kappa shape index (κ1) is 20.0. The van der Waals surface area contributed by atoms with Gasteiger partial charge in [-0.3, -0.25) is 14.5 Å². The van der Waals surface area contributed by atoms with Crippen LogP contribution in [0.2, 0.25) is 0 Å². The fourth-order valence-corrected chi connectivity index (χ4v) is 3.35. The summed E-state index contributed by atoms with van der Waals surface area (Å²) in [5.41, 5.74) is 3.21. The summed E-state index contributed by atoms with van der Waals surface area (Å²) in [4.78, 5) is 14.7. The molecule has 0 aliphatic rings. The highest BCUT2D eigenvalue weighted by molar-refractivity contribution is 7.71. The fourth-order valence-electron chi connectivity index (χ4n) is 3.15. The third-order valence-corrected chi connectivity index (χ3v) is 4.95. The van der Waals surface area contributed by atoms with Crippen LogP contribution < -0.4 is 5.32 Å². The van der Waals surface area contributed by atoms with E-state index in [0.717, 1.165) is 16.7 Å². The van der Waals surface area contributed by atoms with E-state index in [4.69, 9.17) is 12.2 Å². The van der Waals surface area contributed by atoms with Crippen LogP contribution in [0.4, 0.5) is 0 Å². The quantitative estimate of drug-likeness (QED) is 0.602. The van der Waals surface area contributed by atoms with Gasteiger partial charge in [0.05, 0.1) is 6.04 Å². The molecule has 0 aliphatic carbocycles. The van der Waals surface area contributed by atoms with Crippen LogP contribution in [0.25, 0.3) is 11.4 Å². The zero-order valence-corrected chi connectivity index (χ0v) is 17.2. The largest absolute Gasteiger partial charge is 0.353 e. The van der Waals surface area contributed by atoms with Crippen LogP contribution in [0, 0.1) is 11.7 Å². The molecule has 7 heteroatoms. The highest BCUT2D eigenvalue weighted by Gasteiger charge is 2.17. The van der Waals surface area contributed by atoms with Gasteiger partial charge >= 0.3 is 0 Å². The van der Waals surface area contributed by atoms with Crippen LogP contribution in [0.1, 0.15) is 17.2 Å². The van der Waals surface area contributed by atoms with Crippen molar-refractivity contribution in [3.63, 3.8) is 0 Å². The summed E-state index contributed by atoms with van der Waals surface area (Å²) < 4.78 is 2.16. The van der Waals surface area contributed by atoms with Crippen molar-refractivity contribution in [3.8, 4) is 11.4 Å². The molecular weight excluding hydrogens is 370 g/mol. The fraction of sp³-hybridized carbons (Fsp3) is 0.286. The number of aromatic nitrogens is 3. The van der Waals surface area contributed by atoms with Gasteiger partial charge in [-0.15, -0.1) is 0 Å². The second kappa shape index (κ2) is 8.95. The van der Waals surface area contributed by atoms with E-state index in [9.17, 15) is 4.79 Å². The SMILES string of the molecule is Cc1cccc(-c2n[nH]c(=S)n2CC(=O)NC[C@@H](c2ccccc2)N(C)C)c1. The van der Waals surface area contributed by atoms with E-state index in [1.807, 2.05) is 63.5 Å². The highest BCUT2D eigenvalue weighted by atomic mass is 32.1. The van der Waals surface area contributed by atoms with Crippen molar-refractivity contribution >= 4 is 18.1 Å². The number of aromatic amines is 1. The molecule has 1 heterocycles. The molecule has 28 heavy (non-hydrogen) atoms. The van der Waals surface area contributed by atoms with E-state index in [-0.39, 0.29) is 18.5 Å². The van der Waals surface area contributed by atoms with Gasteiger partial charge < -0.3 is 10.2 Å². The number of nitrogens with zero attached hydrogens (tertiary/aromatic N) is 3. The Bertz CT molecular complexity index is 993. The monoisotopic (exact) mass is 395 g/mol. The minimum absolute atomic E-state index is 0.0960. The normalized spacial score (nSPS) is 12.1. The van der Waals surface area contributed by atoms with Crippen molar-refractivity contribution in [2.75, 3.05) is 20.6 Å². The zero-order valence-electron chi connectivity index (χ0n) is 16.3. The number of benzene rings is 2. The molecular formula is C21H25N5OS. The van der Waals surface area contributed by atoms with Crippen LogP contribution in [-0.2, 0) is 11.3 Å². The molecule has 6 nitrogen and oxygen atoms in total. The number of aryl methyl sites for hydroxylation is 1. The Morgan fingerprint density at radius 2 is 1.96 bits per heavy atom. The van der Waals surface area contributed by atoms with Crippen LogP contribution in [0.3, 0.4) is 0 Å². The lowest BCUT2D eigenvalue weighted by molar-refractivity contribution is -0.121. The molecule has 0 saturated carbocycles. The van der Waals surface area contributed by atoms with Crippen molar-refractivity contribution in [2.24, 2.45) is 0 Å². The third-order valence-electron chi connectivity index (χ3n) is 4.64. The molecule has 3 aromatic rings. The molecule has 0 saturated heterocycles. The maximum atomic E-state index is 12.6. The average molecular weight is 396 g/mol. The first-order chi connectivity index (χ1) is 13.5. The van der Waals surface area contributed by atoms with E-state index < -0.39 is 0 Å². The molecule has 3 rings (SSSR count). The van der Waals surface area contributed by atoms with E-state index in [1.165, 1.54) is 0 Å². The summed E-state index contributed by atoms with van der Waals surface area (Å²) in [6.45, 7) is 2.65. The van der Waals surface area contributed by atoms with Gasteiger partial charge in [-0.2, -0.15) is 5.10 Å². The Balaban J connectivity index is 1.72. The molecule has 2 aromatic carbocycles. The molecule has 0 radical (unpaired) electrons. The van der Waals surface area contributed by atoms with Gasteiger partial charge in [0.1, 0.15) is 6.54 Å². The number of amides is 1. The molecule has 146 valence electrons. The van der Waals surface area contributed by atoms with Crippen LogP contribution >= 0.6 is 12.2 Å². The third kappa shape index (κ3) is 4.74. The molecule has 1 amide bonds. The summed E-state index contributed by atoms with van der Waals surface area (Å²) in [6.07, 6.45) is 0. The second-order valence-corrected chi connectivity index (χ2v) is 7.39. The predicted molar refractivity (Wildman–Crippen MR) is 113 cm³/mol. The Morgan fingerprint density at radius 3 is 2.64 bits per heavy atom. The van der Waals surface area contributed by atoms with E-state index in [2.05, 4.69) is 32.5 Å². The number of hydrogen-bond acceptors (Lipinski definition) is 4. The summed E-state index contributed by atoms with van der Waals surface area (Å²) in [7, 11) is 4.01. The lowest BCUT2D eigenvalue weighted by Crippen LogP contribution is -2.36. The molecule has 1 aromatic heterocycles. The van der Waals surface area contributed by atoms with Crippen molar-refractivity contribution in [3.05, 3.63) is 70.5 Å². The maximum absolute atomic E-state index is 12.6. The first-order valence-electron chi connectivity index (χ1n) is 9.16. The number of hydrogen-bond donors (Lipinski definition) is 2. The van der Waals surface area contributed by atoms with Gasteiger partial charge in [0.25, 0.3) is 0 Å². The highest BCUT2D eigenvalue weighted by Crippen LogP contribution is 2.19. The smallest absolute Gasteiger partial charge is 0.240 e. The Morgan fingerprint density at radius 1 is 1.21 bits per heavy atom. The zero-order chi connectivity index (χ0) is 20.1. The summed E-state index contributed by atoms with van der Waals surface area (Å²) >= 11 is 5.33. The summed E-state index contributed by atoms with van der Waals surface area (Å²) in [5, 5.41) is 10.1. The number of rotatable bonds is 7. The number of carbonyl (C=O) groups is 1. The Kier molecular flexibility index (Phi) is 6.38. The molecule has 0 unspecified atom stereocenters. The van der Waals surface area contributed by atoms with E-state index >= 15 is 0 Å². The lowest BCUT2D eigenvalue weighted by atomic mass is 10.1. The number of H-pyrrole nitrogens is 1. The second-order valence-electron chi connectivity index (χ2n) is 7.00. The van der Waals surface area contributed by atoms with E-state index in [1.54, 1.807) is 4.57 Å². The van der Waals surface area contributed by atoms with Crippen LogP contribution in [0.15, 0.2) is 54.6 Å².